The molecule has 0 atom stereocenters. The van der Waals surface area contributed by atoms with Gasteiger partial charge in [0.15, 0.2) is 0 Å². The minimum atomic E-state index is 0.219. The zero-order valence-corrected chi connectivity index (χ0v) is 7.72. The molecular weight excluding hydrogens is 146 g/mol. The highest BCUT2D eigenvalue weighted by molar-refractivity contribution is 5.45. The van der Waals surface area contributed by atoms with Crippen molar-refractivity contribution < 1.29 is 0 Å². The van der Waals surface area contributed by atoms with Crippen molar-refractivity contribution in [2.75, 3.05) is 6.54 Å². The first-order valence-corrected chi connectivity index (χ1v) is 4.54. The van der Waals surface area contributed by atoms with E-state index in [1.807, 2.05) is 0 Å². The Labute approximate surface area is 73.9 Å². The molecule has 1 heteroatoms. The summed E-state index contributed by atoms with van der Waals surface area (Å²) in [6.45, 7) is 5.53. The molecule has 1 N–H and O–H groups in total. The van der Waals surface area contributed by atoms with Crippen LogP contribution in [0.1, 0.15) is 20.3 Å². The van der Waals surface area contributed by atoms with Gasteiger partial charge in [-0.2, -0.15) is 0 Å². The molecule has 1 aliphatic heterocycles. The maximum Gasteiger partial charge on any atom is 0.0378 e. The molecular formula is C11H15N. The highest BCUT2D eigenvalue weighted by atomic mass is 14.9. The van der Waals surface area contributed by atoms with E-state index in [0.29, 0.717) is 0 Å². The average molecular weight is 161 g/mol. The predicted molar refractivity (Wildman–Crippen MR) is 51.7 cm³/mol. The summed E-state index contributed by atoms with van der Waals surface area (Å²) >= 11 is 0. The highest BCUT2D eigenvalue weighted by Crippen LogP contribution is 2.30. The van der Waals surface area contributed by atoms with Crippen LogP contribution in [0.25, 0.3) is 0 Å². The Morgan fingerprint density at radius 3 is 3.08 bits per heavy atom. The van der Waals surface area contributed by atoms with Gasteiger partial charge in [0.05, 0.1) is 0 Å². The molecule has 2 aliphatic rings. The molecule has 0 radical (unpaired) electrons. The Kier molecular flexibility index (Phi) is 1.60. The van der Waals surface area contributed by atoms with Crippen molar-refractivity contribution in [2.45, 2.75) is 20.3 Å². The molecule has 0 saturated heterocycles. The fraction of sp³-hybridized carbons (Fsp3) is 0.455. The Morgan fingerprint density at radius 1 is 1.42 bits per heavy atom. The summed E-state index contributed by atoms with van der Waals surface area (Å²) in [5, 5.41) is 3.42. The van der Waals surface area contributed by atoms with Gasteiger partial charge in [-0.25, -0.2) is 0 Å². The van der Waals surface area contributed by atoms with Crippen LogP contribution in [-0.4, -0.2) is 6.54 Å². The standard InChI is InChI=1S/C11H15N/c1-11(2)6-5-9-4-3-7-12-10(9)8-11/h4-6,8,12H,3,7H2,1-2H3. The van der Waals surface area contributed by atoms with Gasteiger partial charge in [0, 0.05) is 17.7 Å². The molecule has 64 valence electrons. The Bertz CT molecular complexity index is 279. The largest absolute Gasteiger partial charge is 0.384 e. The van der Waals surface area contributed by atoms with Crippen LogP contribution < -0.4 is 5.32 Å². The summed E-state index contributed by atoms with van der Waals surface area (Å²) in [7, 11) is 0. The van der Waals surface area contributed by atoms with Crippen LogP contribution >= 0.6 is 0 Å². The van der Waals surface area contributed by atoms with Crippen molar-refractivity contribution in [3.05, 3.63) is 35.6 Å². The summed E-state index contributed by atoms with van der Waals surface area (Å²) in [4.78, 5) is 0. The third kappa shape index (κ3) is 1.31. The lowest BCUT2D eigenvalue weighted by molar-refractivity contribution is 0.600. The summed E-state index contributed by atoms with van der Waals surface area (Å²) in [5.41, 5.74) is 2.89. The van der Waals surface area contributed by atoms with Crippen molar-refractivity contribution >= 4 is 0 Å². The zero-order valence-electron chi connectivity index (χ0n) is 7.72. The van der Waals surface area contributed by atoms with Gasteiger partial charge in [0.1, 0.15) is 0 Å². The van der Waals surface area contributed by atoms with Crippen LogP contribution in [0, 0.1) is 5.41 Å². The monoisotopic (exact) mass is 161 g/mol. The molecule has 0 bridgehead atoms. The maximum atomic E-state index is 3.42. The minimum Gasteiger partial charge on any atom is -0.384 e. The van der Waals surface area contributed by atoms with E-state index in [1.165, 1.54) is 11.3 Å². The normalized spacial score (nSPS) is 25.2. The number of nitrogens with one attached hydrogen (secondary N) is 1. The van der Waals surface area contributed by atoms with E-state index in [2.05, 4.69) is 43.5 Å². The fourth-order valence-electron chi connectivity index (χ4n) is 1.66. The topological polar surface area (TPSA) is 12.0 Å². The van der Waals surface area contributed by atoms with Gasteiger partial charge in [-0.3, -0.25) is 0 Å². The van der Waals surface area contributed by atoms with Crippen LogP contribution in [0.15, 0.2) is 35.6 Å². The van der Waals surface area contributed by atoms with E-state index in [1.54, 1.807) is 0 Å². The minimum absolute atomic E-state index is 0.219. The predicted octanol–water partition coefficient (Wildman–Crippen LogP) is 2.39. The second-order valence-corrected chi connectivity index (χ2v) is 4.09. The molecule has 2 rings (SSSR count). The third-order valence-electron chi connectivity index (χ3n) is 2.34. The molecule has 0 aromatic heterocycles. The Balaban J connectivity index is 2.36. The number of fused-ring (bicyclic) bond motifs is 1. The molecule has 1 heterocycles. The van der Waals surface area contributed by atoms with E-state index >= 15 is 0 Å². The van der Waals surface area contributed by atoms with Crippen molar-refractivity contribution in [3.63, 3.8) is 0 Å². The zero-order chi connectivity index (χ0) is 8.60. The van der Waals surface area contributed by atoms with Gasteiger partial charge in [0.25, 0.3) is 0 Å². The summed E-state index contributed by atoms with van der Waals surface area (Å²) in [5.74, 6) is 0. The summed E-state index contributed by atoms with van der Waals surface area (Å²) in [6, 6.07) is 0. The van der Waals surface area contributed by atoms with Crippen LogP contribution in [-0.2, 0) is 0 Å². The van der Waals surface area contributed by atoms with Gasteiger partial charge in [-0.05, 0) is 12.0 Å². The Hall–Kier alpha value is -0.980. The first-order valence-electron chi connectivity index (χ1n) is 4.54. The Morgan fingerprint density at radius 2 is 2.25 bits per heavy atom. The van der Waals surface area contributed by atoms with E-state index < -0.39 is 0 Å². The van der Waals surface area contributed by atoms with Crippen molar-refractivity contribution in [2.24, 2.45) is 5.41 Å². The summed E-state index contributed by atoms with van der Waals surface area (Å²) < 4.78 is 0. The second kappa shape index (κ2) is 2.51. The molecule has 0 unspecified atom stereocenters. The van der Waals surface area contributed by atoms with Crippen molar-refractivity contribution in [1.82, 2.24) is 5.32 Å². The lowest BCUT2D eigenvalue weighted by Crippen LogP contribution is -2.24. The van der Waals surface area contributed by atoms with Gasteiger partial charge in [0.2, 0.25) is 0 Å². The lowest BCUT2D eigenvalue weighted by Gasteiger charge is -2.26. The quantitative estimate of drug-likeness (QED) is 0.575. The first-order chi connectivity index (χ1) is 5.67. The lowest BCUT2D eigenvalue weighted by atomic mass is 9.84. The second-order valence-electron chi connectivity index (χ2n) is 4.09. The van der Waals surface area contributed by atoms with Crippen molar-refractivity contribution in [3.8, 4) is 0 Å². The molecule has 0 spiro atoms. The number of hydrogen-bond donors (Lipinski definition) is 1. The van der Waals surface area contributed by atoms with Crippen molar-refractivity contribution in [1.29, 1.82) is 0 Å². The van der Waals surface area contributed by atoms with E-state index in [-0.39, 0.29) is 5.41 Å². The molecule has 0 amide bonds. The molecule has 12 heavy (non-hydrogen) atoms. The van der Waals surface area contributed by atoms with Crippen LogP contribution in [0.5, 0.6) is 0 Å². The maximum absolute atomic E-state index is 3.42. The van der Waals surface area contributed by atoms with Crippen LogP contribution in [0.3, 0.4) is 0 Å². The van der Waals surface area contributed by atoms with Crippen LogP contribution in [0.2, 0.25) is 0 Å². The average Bonchev–Trinajstić information content (AvgIpc) is 2.02. The van der Waals surface area contributed by atoms with E-state index in [0.717, 1.165) is 13.0 Å². The third-order valence-corrected chi connectivity index (χ3v) is 2.34. The molecule has 0 aromatic rings. The molecule has 0 saturated carbocycles. The molecule has 0 aromatic carbocycles. The van der Waals surface area contributed by atoms with E-state index in [4.69, 9.17) is 0 Å². The highest BCUT2D eigenvalue weighted by Gasteiger charge is 2.19. The number of allylic oxidation sites excluding steroid dienone is 3. The van der Waals surface area contributed by atoms with Gasteiger partial charge >= 0.3 is 0 Å². The van der Waals surface area contributed by atoms with Gasteiger partial charge in [-0.15, -0.1) is 0 Å². The van der Waals surface area contributed by atoms with Gasteiger partial charge in [-0.1, -0.05) is 38.2 Å². The fourth-order valence-corrected chi connectivity index (χ4v) is 1.66. The SMILES string of the molecule is CC1(C)C=CC2=CCCNC2=C1. The first kappa shape index (κ1) is 7.66. The number of hydrogen-bond acceptors (Lipinski definition) is 1. The molecule has 1 aliphatic carbocycles. The smallest absolute Gasteiger partial charge is 0.0378 e. The van der Waals surface area contributed by atoms with Gasteiger partial charge < -0.3 is 5.32 Å². The molecule has 0 fully saturated rings. The van der Waals surface area contributed by atoms with E-state index in [9.17, 15) is 0 Å². The molecule has 1 nitrogen and oxygen atoms in total. The van der Waals surface area contributed by atoms with Crippen LogP contribution in [0.4, 0.5) is 0 Å². The number of rotatable bonds is 0. The summed E-state index contributed by atoms with van der Waals surface area (Å²) in [6.07, 6.45) is 10.2.